The normalized spacial score (nSPS) is 27.4. The highest BCUT2D eigenvalue weighted by Crippen LogP contribution is 2.69. The number of benzene rings is 3. The second-order valence-corrected chi connectivity index (χ2v) is 14.9. The zero-order valence-corrected chi connectivity index (χ0v) is 26.8. The van der Waals surface area contributed by atoms with Gasteiger partial charge in [0.25, 0.3) is 5.91 Å². The van der Waals surface area contributed by atoms with E-state index in [1.165, 1.54) is 29.2 Å². The number of thiazole rings is 1. The Morgan fingerprint density at radius 1 is 1.04 bits per heavy atom. The van der Waals surface area contributed by atoms with Gasteiger partial charge < -0.3 is 15.0 Å². The summed E-state index contributed by atoms with van der Waals surface area (Å²) in [5.41, 5.74) is 2.73. The number of nitrogens with zero attached hydrogens (tertiary/aromatic N) is 1. The van der Waals surface area contributed by atoms with Crippen LogP contribution in [0.25, 0.3) is 0 Å². The number of amides is 3. The van der Waals surface area contributed by atoms with Crippen molar-refractivity contribution in [1.29, 1.82) is 0 Å². The van der Waals surface area contributed by atoms with Crippen molar-refractivity contribution in [3.63, 3.8) is 0 Å². The number of aryl methyl sites for hydroxylation is 1. The number of rotatable bonds is 6. The lowest BCUT2D eigenvalue weighted by molar-refractivity contribution is -0.123. The molecule has 7 atom stereocenters. The average molecular weight is 676 g/mol. The van der Waals surface area contributed by atoms with Gasteiger partial charge in [0.15, 0.2) is 6.61 Å². The molecule has 3 aromatic carbocycles. The molecule has 4 aliphatic rings. The van der Waals surface area contributed by atoms with Crippen LogP contribution in [0.3, 0.4) is 0 Å². The van der Waals surface area contributed by atoms with Crippen LogP contribution in [0.15, 0.2) is 76.6 Å². The number of anilines is 2. The third-order valence-electron chi connectivity index (χ3n) is 9.89. The van der Waals surface area contributed by atoms with E-state index in [2.05, 4.69) is 10.3 Å². The summed E-state index contributed by atoms with van der Waals surface area (Å²) in [4.78, 5) is 58.3. The van der Waals surface area contributed by atoms with Gasteiger partial charge in [0.2, 0.25) is 11.8 Å². The highest BCUT2D eigenvalue weighted by molar-refractivity contribution is 8.00. The Hall–Kier alpha value is -3.93. The molecule has 234 valence electrons. The molecule has 1 saturated heterocycles. The predicted molar refractivity (Wildman–Crippen MR) is 174 cm³/mol. The molecule has 2 N–H and O–H groups in total. The van der Waals surface area contributed by atoms with Gasteiger partial charge in [-0.1, -0.05) is 41.1 Å². The lowest BCUT2D eigenvalue weighted by Gasteiger charge is -2.43. The van der Waals surface area contributed by atoms with Crippen molar-refractivity contribution < 1.29 is 23.5 Å². The van der Waals surface area contributed by atoms with E-state index in [0.29, 0.717) is 28.6 Å². The maximum absolute atomic E-state index is 14.0. The first-order chi connectivity index (χ1) is 22.2. The third kappa shape index (κ3) is 4.62. The smallest absolute Gasteiger partial charge is 0.305 e. The number of aromatic nitrogens is 1. The van der Waals surface area contributed by atoms with E-state index in [-0.39, 0.29) is 58.1 Å². The van der Waals surface area contributed by atoms with Crippen molar-refractivity contribution >= 4 is 63.8 Å². The topological polar surface area (TPSA) is 109 Å². The molecule has 46 heavy (non-hydrogen) atoms. The Morgan fingerprint density at radius 3 is 2.54 bits per heavy atom. The Kier molecular flexibility index (Phi) is 7.11. The van der Waals surface area contributed by atoms with Crippen LogP contribution in [0.4, 0.5) is 15.8 Å². The minimum absolute atomic E-state index is 0.0462. The maximum Gasteiger partial charge on any atom is 0.305 e. The Bertz CT molecular complexity index is 1980. The number of H-pyrrole nitrogens is 1. The Labute approximate surface area is 276 Å². The number of carbonyl (C=O) groups is 3. The average Bonchev–Trinajstić information content (AvgIpc) is 3.77. The fraction of sp³-hybridized carbons (Fsp3) is 0.294. The number of carbonyl (C=O) groups excluding carboxylic acids is 3. The highest BCUT2D eigenvalue weighted by Gasteiger charge is 2.69. The molecule has 0 spiro atoms. The summed E-state index contributed by atoms with van der Waals surface area (Å²) in [6.45, 7) is 1.66. The summed E-state index contributed by atoms with van der Waals surface area (Å²) in [7, 11) is 0. The summed E-state index contributed by atoms with van der Waals surface area (Å²) in [5, 5.41) is 4.07. The van der Waals surface area contributed by atoms with Crippen LogP contribution in [0.1, 0.15) is 28.3 Å². The Balaban J connectivity index is 1.15. The molecule has 2 bridgehead atoms. The molecular weight excluding hydrogens is 649 g/mol. The molecule has 4 aromatic rings. The van der Waals surface area contributed by atoms with Crippen LogP contribution in [-0.2, 0) is 14.4 Å². The Morgan fingerprint density at radius 2 is 1.78 bits per heavy atom. The molecule has 3 heterocycles. The molecule has 2 aliphatic heterocycles. The zero-order chi connectivity index (χ0) is 31.9. The number of ether oxygens (including phenoxy) is 1. The number of imide groups is 1. The second kappa shape index (κ2) is 11.1. The lowest BCUT2D eigenvalue weighted by Crippen LogP contribution is -2.42. The number of nitrogens with one attached hydrogen (secondary N) is 2. The number of halogens is 2. The first kappa shape index (κ1) is 29.5. The molecule has 1 aromatic heterocycles. The molecule has 12 heteroatoms. The molecule has 6 unspecified atom stereocenters. The fourth-order valence-corrected chi connectivity index (χ4v) is 11.2. The number of thioether (sulfide) groups is 1. The quantitative estimate of drug-likeness (QED) is 0.235. The van der Waals surface area contributed by atoms with Crippen molar-refractivity contribution in [2.24, 2.45) is 29.6 Å². The van der Waals surface area contributed by atoms with Crippen molar-refractivity contribution in [1.82, 2.24) is 4.98 Å². The third-order valence-corrected chi connectivity index (χ3v) is 12.7. The van der Waals surface area contributed by atoms with Crippen LogP contribution in [0.2, 0.25) is 5.02 Å². The number of para-hydroxylation sites is 1. The van der Waals surface area contributed by atoms with Gasteiger partial charge in [-0.15, -0.1) is 11.8 Å². The first-order valence-corrected chi connectivity index (χ1v) is 17.1. The molecule has 8 nitrogen and oxygen atoms in total. The summed E-state index contributed by atoms with van der Waals surface area (Å²) in [6.07, 6.45) is 0.706. The number of aromatic amines is 1. The van der Waals surface area contributed by atoms with Crippen LogP contribution in [0.5, 0.6) is 5.75 Å². The van der Waals surface area contributed by atoms with Crippen LogP contribution in [-0.4, -0.2) is 34.6 Å². The minimum Gasteiger partial charge on any atom is -0.483 e. The molecule has 3 fully saturated rings. The zero-order valence-electron chi connectivity index (χ0n) is 24.4. The maximum atomic E-state index is 14.0. The van der Waals surface area contributed by atoms with Crippen molar-refractivity contribution in [2.45, 2.75) is 29.5 Å². The highest BCUT2D eigenvalue weighted by atomic mass is 35.5. The largest absolute Gasteiger partial charge is 0.483 e. The van der Waals surface area contributed by atoms with Crippen molar-refractivity contribution in [2.75, 3.05) is 16.8 Å². The van der Waals surface area contributed by atoms with Gasteiger partial charge >= 0.3 is 4.87 Å². The van der Waals surface area contributed by atoms with E-state index < -0.39 is 17.7 Å². The van der Waals surface area contributed by atoms with E-state index in [9.17, 15) is 23.6 Å². The van der Waals surface area contributed by atoms with Crippen LogP contribution >= 0.6 is 34.7 Å². The van der Waals surface area contributed by atoms with Gasteiger partial charge in [-0.2, -0.15) is 0 Å². The lowest BCUT2D eigenvalue weighted by atomic mass is 9.68. The van der Waals surface area contributed by atoms with Gasteiger partial charge in [-0.05, 0) is 85.2 Å². The summed E-state index contributed by atoms with van der Waals surface area (Å²) < 4.78 is 19.8. The molecule has 2 aliphatic carbocycles. The molecular formula is C34H27ClFN3O5S2. The van der Waals surface area contributed by atoms with Gasteiger partial charge in [-0.25, -0.2) is 4.39 Å². The molecule has 3 amide bonds. The van der Waals surface area contributed by atoms with E-state index in [1.54, 1.807) is 23.9 Å². The van der Waals surface area contributed by atoms with Crippen LogP contribution in [0, 0.1) is 42.3 Å². The van der Waals surface area contributed by atoms with Crippen molar-refractivity contribution in [3.8, 4) is 5.75 Å². The number of hydrogen-bond donors (Lipinski definition) is 2. The predicted octanol–water partition coefficient (Wildman–Crippen LogP) is 6.23. The number of hydrogen-bond acceptors (Lipinski definition) is 7. The van der Waals surface area contributed by atoms with E-state index >= 15 is 0 Å². The summed E-state index contributed by atoms with van der Waals surface area (Å²) in [6, 6.07) is 18.2. The van der Waals surface area contributed by atoms with E-state index in [4.69, 9.17) is 16.3 Å². The standard InChI is InChI=1S/C34H27ClFN3O5S2/c1-15-4-2-3-5-22(15)37-24(40)14-44-23-11-6-16(35)12-19(23)25-26-20-13-21(29(26)45-31-30(25)46-34(43)38-31)28-27(20)32(41)39(33(28)42)18-9-7-17(36)8-10-18/h2-12,20-21,25-29H,13-14H2,1H3,(H,37,40)(H,38,43)/t20?,21?,25-,26?,27?,28?,29?/m1/s1. The molecule has 8 rings (SSSR count). The van der Waals surface area contributed by atoms with Crippen molar-refractivity contribution in [3.05, 3.63) is 103 Å². The SMILES string of the molecule is Cc1ccccc1NC(=O)COc1ccc(Cl)cc1[C@H]1c2sc(=O)[nH]c2SC2C3CC(C4C(=O)N(c5ccc(F)cc5)C(=O)C34)C21. The van der Waals surface area contributed by atoms with Crippen LogP contribution < -0.4 is 19.8 Å². The summed E-state index contributed by atoms with van der Waals surface area (Å²) >= 11 is 9.28. The van der Waals surface area contributed by atoms with Gasteiger partial charge in [-0.3, -0.25) is 24.1 Å². The van der Waals surface area contributed by atoms with E-state index in [1.807, 2.05) is 37.3 Å². The monoisotopic (exact) mass is 675 g/mol. The summed E-state index contributed by atoms with van der Waals surface area (Å²) in [5.74, 6) is -2.49. The molecule has 0 radical (unpaired) electrons. The van der Waals surface area contributed by atoms with Gasteiger partial charge in [0.05, 0.1) is 22.5 Å². The minimum atomic E-state index is -0.521. The van der Waals surface area contributed by atoms with Gasteiger partial charge in [0.1, 0.15) is 11.6 Å². The first-order valence-electron chi connectivity index (χ1n) is 15.0. The second-order valence-electron chi connectivity index (χ2n) is 12.3. The fourth-order valence-electron chi connectivity index (χ4n) is 8.15. The van der Waals surface area contributed by atoms with E-state index in [0.717, 1.165) is 32.4 Å². The number of fused-ring (bicyclic) bond motifs is 9. The van der Waals surface area contributed by atoms with Gasteiger partial charge in [0, 0.05) is 32.3 Å². The molecule has 2 saturated carbocycles.